The van der Waals surface area contributed by atoms with Crippen LogP contribution in [0.25, 0.3) is 6.08 Å². The summed E-state index contributed by atoms with van der Waals surface area (Å²) in [4.78, 5) is 31.6. The molecule has 2 heterocycles. The molecule has 1 aliphatic heterocycles. The molecular formula is C30H25FN2O4S. The second-order valence-electron chi connectivity index (χ2n) is 8.70. The molecule has 5 rings (SSSR count). The van der Waals surface area contributed by atoms with Gasteiger partial charge in [0.2, 0.25) is 0 Å². The first-order valence-corrected chi connectivity index (χ1v) is 13.0. The molecule has 0 N–H and O–H groups in total. The zero-order valence-corrected chi connectivity index (χ0v) is 21.7. The number of hydrogen-bond donors (Lipinski definition) is 0. The van der Waals surface area contributed by atoms with Crippen molar-refractivity contribution in [1.29, 1.82) is 0 Å². The molecule has 0 saturated carbocycles. The first-order chi connectivity index (χ1) is 18.4. The van der Waals surface area contributed by atoms with Crippen LogP contribution in [0, 0.1) is 5.82 Å². The van der Waals surface area contributed by atoms with Crippen molar-refractivity contribution in [2.75, 3.05) is 6.61 Å². The third-order valence-corrected chi connectivity index (χ3v) is 7.11. The minimum Gasteiger partial charge on any atom is -0.489 e. The van der Waals surface area contributed by atoms with Crippen LogP contribution in [0.5, 0.6) is 5.75 Å². The number of aromatic nitrogens is 1. The smallest absolute Gasteiger partial charge is 0.338 e. The number of carbonyl (C=O) groups excluding carboxylic acids is 1. The fourth-order valence-electron chi connectivity index (χ4n) is 4.30. The van der Waals surface area contributed by atoms with Crippen molar-refractivity contribution >= 4 is 23.4 Å². The largest absolute Gasteiger partial charge is 0.489 e. The van der Waals surface area contributed by atoms with E-state index in [0.717, 1.165) is 16.9 Å². The molecule has 0 radical (unpaired) electrons. The predicted molar refractivity (Wildman–Crippen MR) is 144 cm³/mol. The number of allylic oxidation sites excluding steroid dienone is 1. The lowest BCUT2D eigenvalue weighted by Gasteiger charge is -2.24. The average molecular weight is 529 g/mol. The van der Waals surface area contributed by atoms with Gasteiger partial charge in [-0.25, -0.2) is 14.2 Å². The van der Waals surface area contributed by atoms with Crippen molar-refractivity contribution in [3.63, 3.8) is 0 Å². The molecule has 0 aliphatic carbocycles. The van der Waals surface area contributed by atoms with E-state index in [0.29, 0.717) is 27.2 Å². The SMILES string of the molecule is CCOC(=O)C1=C(C)N=c2s/c(=C\c3ccc(OCc4ccccc4)cc3)c(=O)n2[C@@H]1c1ccc(F)cc1. The first kappa shape index (κ1) is 25.4. The number of hydrogen-bond acceptors (Lipinski definition) is 6. The first-order valence-electron chi connectivity index (χ1n) is 12.2. The number of ether oxygens (including phenoxy) is 2. The van der Waals surface area contributed by atoms with Crippen LogP contribution in [0.3, 0.4) is 0 Å². The summed E-state index contributed by atoms with van der Waals surface area (Å²) in [5, 5.41) is 0. The van der Waals surface area contributed by atoms with Crippen LogP contribution in [0.15, 0.2) is 99.9 Å². The second-order valence-corrected chi connectivity index (χ2v) is 9.71. The average Bonchev–Trinajstić information content (AvgIpc) is 3.22. The maximum absolute atomic E-state index is 13.7. The monoisotopic (exact) mass is 528 g/mol. The van der Waals surface area contributed by atoms with E-state index in [-0.39, 0.29) is 17.7 Å². The lowest BCUT2D eigenvalue weighted by Crippen LogP contribution is -2.39. The molecule has 0 unspecified atom stereocenters. The van der Waals surface area contributed by atoms with Crippen molar-refractivity contribution in [3.8, 4) is 5.75 Å². The number of esters is 1. The van der Waals surface area contributed by atoms with Crippen LogP contribution in [0.2, 0.25) is 0 Å². The van der Waals surface area contributed by atoms with E-state index in [1.54, 1.807) is 32.1 Å². The van der Waals surface area contributed by atoms with Crippen LogP contribution in [-0.4, -0.2) is 17.1 Å². The molecule has 1 atom stereocenters. The van der Waals surface area contributed by atoms with E-state index in [1.807, 2.05) is 54.6 Å². The highest BCUT2D eigenvalue weighted by atomic mass is 32.1. The third kappa shape index (κ3) is 5.21. The number of rotatable bonds is 7. The van der Waals surface area contributed by atoms with Gasteiger partial charge in [-0.15, -0.1) is 0 Å². The van der Waals surface area contributed by atoms with Crippen molar-refractivity contribution in [3.05, 3.63) is 132 Å². The van der Waals surface area contributed by atoms with E-state index in [2.05, 4.69) is 4.99 Å². The van der Waals surface area contributed by atoms with E-state index < -0.39 is 17.8 Å². The lowest BCUT2D eigenvalue weighted by molar-refractivity contribution is -0.139. The third-order valence-electron chi connectivity index (χ3n) is 6.13. The van der Waals surface area contributed by atoms with Gasteiger partial charge in [-0.05, 0) is 60.9 Å². The highest BCUT2D eigenvalue weighted by Crippen LogP contribution is 2.30. The molecule has 0 fully saturated rings. The van der Waals surface area contributed by atoms with Crippen LogP contribution < -0.4 is 19.6 Å². The van der Waals surface area contributed by atoms with Crippen LogP contribution in [-0.2, 0) is 16.1 Å². The highest BCUT2D eigenvalue weighted by Gasteiger charge is 2.33. The molecule has 38 heavy (non-hydrogen) atoms. The normalized spacial score (nSPS) is 15.1. The fourth-order valence-corrected chi connectivity index (χ4v) is 5.35. The second kappa shape index (κ2) is 11.0. The molecule has 0 spiro atoms. The predicted octanol–water partition coefficient (Wildman–Crippen LogP) is 4.52. The maximum atomic E-state index is 13.7. The topological polar surface area (TPSA) is 69.9 Å². The Hall–Kier alpha value is -4.30. The molecule has 8 heteroatoms. The fraction of sp³-hybridized carbons (Fsp3) is 0.167. The molecule has 3 aromatic carbocycles. The van der Waals surface area contributed by atoms with Gasteiger partial charge < -0.3 is 9.47 Å². The Kier molecular flexibility index (Phi) is 7.33. The molecule has 0 bridgehead atoms. The van der Waals surface area contributed by atoms with E-state index in [1.165, 1.54) is 28.0 Å². The van der Waals surface area contributed by atoms with Gasteiger partial charge in [0.15, 0.2) is 4.80 Å². The van der Waals surface area contributed by atoms with Crippen molar-refractivity contribution in [1.82, 2.24) is 4.57 Å². The molecule has 192 valence electrons. The number of carbonyl (C=O) groups is 1. The Morgan fingerprint density at radius 3 is 2.45 bits per heavy atom. The summed E-state index contributed by atoms with van der Waals surface area (Å²) in [6.45, 7) is 4.08. The van der Waals surface area contributed by atoms with Gasteiger partial charge in [0.1, 0.15) is 18.2 Å². The van der Waals surface area contributed by atoms with Gasteiger partial charge in [-0.1, -0.05) is 65.9 Å². The van der Waals surface area contributed by atoms with Crippen LogP contribution in [0.1, 0.15) is 36.6 Å². The van der Waals surface area contributed by atoms with Crippen LogP contribution in [0.4, 0.5) is 4.39 Å². The van der Waals surface area contributed by atoms with Gasteiger partial charge in [-0.2, -0.15) is 0 Å². The molecule has 6 nitrogen and oxygen atoms in total. The number of thiazole rings is 1. The number of nitrogens with zero attached hydrogens (tertiary/aromatic N) is 2. The summed E-state index contributed by atoms with van der Waals surface area (Å²) in [5.74, 6) is -0.238. The summed E-state index contributed by atoms with van der Waals surface area (Å²) in [6, 6.07) is 22.4. The molecule has 4 aromatic rings. The van der Waals surface area contributed by atoms with E-state index >= 15 is 0 Å². The summed E-state index contributed by atoms with van der Waals surface area (Å²) in [6.07, 6.45) is 1.79. The van der Waals surface area contributed by atoms with Gasteiger partial charge in [0.05, 0.1) is 28.5 Å². The molecule has 0 saturated heterocycles. The standard InChI is InChI=1S/C30H25FN2O4S/c1-3-36-29(35)26-19(2)32-30-33(27(26)22-11-13-23(31)14-12-22)28(34)25(38-30)17-20-9-15-24(16-10-20)37-18-21-7-5-4-6-8-21/h4-17,27H,3,18H2,1-2H3/b25-17-/t27-/m1/s1. The van der Waals surface area contributed by atoms with Gasteiger partial charge in [0.25, 0.3) is 5.56 Å². The van der Waals surface area contributed by atoms with Crippen molar-refractivity contribution in [2.45, 2.75) is 26.5 Å². The summed E-state index contributed by atoms with van der Waals surface area (Å²) in [7, 11) is 0. The van der Waals surface area contributed by atoms with E-state index in [4.69, 9.17) is 9.47 Å². The van der Waals surface area contributed by atoms with Crippen molar-refractivity contribution < 1.29 is 18.7 Å². The van der Waals surface area contributed by atoms with Gasteiger partial charge in [-0.3, -0.25) is 9.36 Å². The zero-order chi connectivity index (χ0) is 26.6. The minimum absolute atomic E-state index is 0.182. The van der Waals surface area contributed by atoms with Crippen molar-refractivity contribution in [2.24, 2.45) is 4.99 Å². The van der Waals surface area contributed by atoms with Gasteiger partial charge >= 0.3 is 5.97 Å². The quantitative estimate of drug-likeness (QED) is 0.331. The Labute approximate surface area is 222 Å². The van der Waals surface area contributed by atoms with E-state index in [9.17, 15) is 14.0 Å². The Balaban J connectivity index is 1.51. The maximum Gasteiger partial charge on any atom is 0.338 e. The minimum atomic E-state index is -0.776. The number of benzene rings is 3. The number of fused-ring (bicyclic) bond motifs is 1. The molecule has 1 aliphatic rings. The Morgan fingerprint density at radius 1 is 1.05 bits per heavy atom. The summed E-state index contributed by atoms with van der Waals surface area (Å²) < 4.78 is 26.8. The molecule has 0 amide bonds. The molecule has 1 aromatic heterocycles. The Morgan fingerprint density at radius 2 is 1.76 bits per heavy atom. The van der Waals surface area contributed by atoms with Crippen LogP contribution >= 0.6 is 11.3 Å². The Bertz CT molecular complexity index is 1670. The number of halogens is 1. The summed E-state index contributed by atoms with van der Waals surface area (Å²) in [5.41, 5.74) is 2.92. The highest BCUT2D eigenvalue weighted by molar-refractivity contribution is 7.07. The van der Waals surface area contributed by atoms with Gasteiger partial charge in [0, 0.05) is 0 Å². The summed E-state index contributed by atoms with van der Waals surface area (Å²) >= 11 is 1.24. The zero-order valence-electron chi connectivity index (χ0n) is 20.9. The molecular weight excluding hydrogens is 503 g/mol. The lowest BCUT2D eigenvalue weighted by atomic mass is 9.96.